The molecule has 0 fully saturated rings. The van der Waals surface area contributed by atoms with Gasteiger partial charge in [-0.15, -0.1) is 0 Å². The first kappa shape index (κ1) is 17.2. The van der Waals surface area contributed by atoms with E-state index in [4.69, 9.17) is 14.2 Å². The lowest BCUT2D eigenvalue weighted by Gasteiger charge is -2.10. The van der Waals surface area contributed by atoms with Gasteiger partial charge in [0.05, 0.1) is 24.8 Å². The van der Waals surface area contributed by atoms with Crippen LogP contribution >= 0.6 is 15.9 Å². The van der Waals surface area contributed by atoms with Gasteiger partial charge >= 0.3 is 0 Å². The Bertz CT molecular complexity index is 401. The van der Waals surface area contributed by atoms with Crippen molar-refractivity contribution in [2.45, 2.75) is 13.0 Å². The topological polar surface area (TPSA) is 60.0 Å². The number of phenolic OH excluding ortho intramolecular Hbond substituents is 1. The molecule has 0 saturated carbocycles. The van der Waals surface area contributed by atoms with E-state index in [0.29, 0.717) is 30.0 Å². The Morgan fingerprint density at radius 1 is 1.20 bits per heavy atom. The molecular weight excluding hydrogens is 326 g/mol. The van der Waals surface area contributed by atoms with Crippen LogP contribution in [0.2, 0.25) is 0 Å². The number of hydrogen-bond donors (Lipinski definition) is 2. The van der Waals surface area contributed by atoms with Crippen LogP contribution in [0.25, 0.3) is 0 Å². The molecule has 20 heavy (non-hydrogen) atoms. The highest BCUT2D eigenvalue weighted by atomic mass is 79.9. The van der Waals surface area contributed by atoms with Gasteiger partial charge in [0.2, 0.25) is 0 Å². The smallest absolute Gasteiger partial charge is 0.172 e. The Morgan fingerprint density at radius 2 is 2.00 bits per heavy atom. The van der Waals surface area contributed by atoms with E-state index in [1.165, 1.54) is 7.11 Å². The summed E-state index contributed by atoms with van der Waals surface area (Å²) in [4.78, 5) is 0. The van der Waals surface area contributed by atoms with Crippen LogP contribution in [0.15, 0.2) is 16.6 Å². The third kappa shape index (κ3) is 6.09. The summed E-state index contributed by atoms with van der Waals surface area (Å²) in [6.07, 6.45) is 0.945. The van der Waals surface area contributed by atoms with Crippen molar-refractivity contribution in [1.82, 2.24) is 5.32 Å². The van der Waals surface area contributed by atoms with Crippen molar-refractivity contribution in [3.8, 4) is 11.5 Å². The predicted octanol–water partition coefficient (Wildman–Crippen LogP) is 2.31. The molecule has 2 N–H and O–H groups in total. The van der Waals surface area contributed by atoms with E-state index in [1.807, 2.05) is 12.1 Å². The van der Waals surface area contributed by atoms with E-state index in [2.05, 4.69) is 21.2 Å². The molecule has 6 heteroatoms. The van der Waals surface area contributed by atoms with Gasteiger partial charge in [-0.3, -0.25) is 0 Å². The molecule has 0 aromatic heterocycles. The first-order valence-corrected chi connectivity index (χ1v) is 7.31. The summed E-state index contributed by atoms with van der Waals surface area (Å²) in [6, 6.07) is 3.70. The fourth-order valence-electron chi connectivity index (χ4n) is 1.66. The third-order valence-electron chi connectivity index (χ3n) is 2.71. The zero-order valence-electron chi connectivity index (χ0n) is 11.9. The molecule has 0 amide bonds. The highest BCUT2D eigenvalue weighted by molar-refractivity contribution is 9.10. The molecule has 0 unspecified atom stereocenters. The van der Waals surface area contributed by atoms with Gasteiger partial charge in [-0.25, -0.2) is 0 Å². The second-order valence-electron chi connectivity index (χ2n) is 4.26. The Hall–Kier alpha value is -0.820. The number of phenols is 1. The Kier molecular flexibility index (Phi) is 8.60. The molecule has 0 bridgehead atoms. The van der Waals surface area contributed by atoms with E-state index in [9.17, 15) is 5.11 Å². The zero-order valence-corrected chi connectivity index (χ0v) is 13.5. The number of aromatic hydroxyl groups is 1. The highest BCUT2D eigenvalue weighted by Crippen LogP contribution is 2.35. The fourth-order valence-corrected chi connectivity index (χ4v) is 2.15. The van der Waals surface area contributed by atoms with Gasteiger partial charge in [-0.1, -0.05) is 0 Å². The van der Waals surface area contributed by atoms with Crippen LogP contribution in [0.1, 0.15) is 12.0 Å². The molecule has 0 saturated heterocycles. The number of halogens is 1. The molecule has 5 nitrogen and oxygen atoms in total. The van der Waals surface area contributed by atoms with Crippen LogP contribution < -0.4 is 10.1 Å². The summed E-state index contributed by atoms with van der Waals surface area (Å²) in [5.41, 5.74) is 1.05. The minimum atomic E-state index is 0.128. The van der Waals surface area contributed by atoms with Gasteiger partial charge in [-0.2, -0.15) is 0 Å². The molecule has 0 atom stereocenters. The standard InChI is InChI=1S/C14H22BrNO4/c1-18-6-7-20-5-3-4-16-10-11-8-12(15)14(17)13(9-11)19-2/h8-9,16-17H,3-7,10H2,1-2H3. The molecule has 0 aliphatic heterocycles. The lowest BCUT2D eigenvalue weighted by Crippen LogP contribution is -2.17. The van der Waals surface area contributed by atoms with Crippen LogP contribution in [-0.4, -0.2) is 45.7 Å². The number of methoxy groups -OCH3 is 2. The minimum absolute atomic E-state index is 0.128. The summed E-state index contributed by atoms with van der Waals surface area (Å²) in [5, 5.41) is 13.0. The summed E-state index contributed by atoms with van der Waals surface area (Å²) in [5.74, 6) is 0.599. The predicted molar refractivity (Wildman–Crippen MR) is 81.4 cm³/mol. The van der Waals surface area contributed by atoms with E-state index in [1.54, 1.807) is 7.11 Å². The molecule has 1 rings (SSSR count). The van der Waals surface area contributed by atoms with Crippen LogP contribution in [0, 0.1) is 0 Å². The molecule has 0 aliphatic rings. The molecule has 0 radical (unpaired) electrons. The van der Waals surface area contributed by atoms with Crippen LogP contribution in [0.5, 0.6) is 11.5 Å². The Labute approximate surface area is 128 Å². The van der Waals surface area contributed by atoms with Crippen molar-refractivity contribution in [2.24, 2.45) is 0 Å². The van der Waals surface area contributed by atoms with Gasteiger partial charge in [0.25, 0.3) is 0 Å². The summed E-state index contributed by atoms with van der Waals surface area (Å²) < 4.78 is 16.0. The second-order valence-corrected chi connectivity index (χ2v) is 5.12. The first-order valence-electron chi connectivity index (χ1n) is 6.51. The minimum Gasteiger partial charge on any atom is -0.503 e. The molecule has 114 valence electrons. The summed E-state index contributed by atoms with van der Waals surface area (Å²) in [7, 11) is 3.20. The summed E-state index contributed by atoms with van der Waals surface area (Å²) in [6.45, 7) is 3.58. The van der Waals surface area contributed by atoms with Crippen molar-refractivity contribution >= 4 is 15.9 Å². The van der Waals surface area contributed by atoms with E-state index < -0.39 is 0 Å². The molecule has 1 aromatic carbocycles. The quantitative estimate of drug-likeness (QED) is 0.636. The average molecular weight is 348 g/mol. The van der Waals surface area contributed by atoms with Crippen molar-refractivity contribution < 1.29 is 19.3 Å². The first-order chi connectivity index (χ1) is 9.69. The molecule has 0 aliphatic carbocycles. The molecular formula is C14H22BrNO4. The van der Waals surface area contributed by atoms with Gasteiger partial charge in [-0.05, 0) is 46.6 Å². The number of benzene rings is 1. The second kappa shape index (κ2) is 9.99. The lowest BCUT2D eigenvalue weighted by molar-refractivity contribution is 0.0695. The maximum absolute atomic E-state index is 9.72. The van der Waals surface area contributed by atoms with E-state index in [-0.39, 0.29) is 5.75 Å². The van der Waals surface area contributed by atoms with Crippen molar-refractivity contribution in [2.75, 3.05) is 40.6 Å². The monoisotopic (exact) mass is 347 g/mol. The Balaban J connectivity index is 2.24. The number of hydrogen-bond acceptors (Lipinski definition) is 5. The van der Waals surface area contributed by atoms with Crippen molar-refractivity contribution in [1.29, 1.82) is 0 Å². The maximum Gasteiger partial charge on any atom is 0.172 e. The van der Waals surface area contributed by atoms with Gasteiger partial charge in [0, 0.05) is 20.3 Å². The number of nitrogens with one attached hydrogen (secondary N) is 1. The molecule has 0 spiro atoms. The normalized spacial score (nSPS) is 10.8. The summed E-state index contributed by atoms with van der Waals surface area (Å²) >= 11 is 3.31. The van der Waals surface area contributed by atoms with Gasteiger partial charge in [0.15, 0.2) is 11.5 Å². The van der Waals surface area contributed by atoms with Crippen molar-refractivity contribution in [3.05, 3.63) is 22.2 Å². The lowest BCUT2D eigenvalue weighted by atomic mass is 10.2. The number of ether oxygens (including phenoxy) is 3. The highest BCUT2D eigenvalue weighted by Gasteiger charge is 2.08. The van der Waals surface area contributed by atoms with E-state index in [0.717, 1.165) is 25.1 Å². The van der Waals surface area contributed by atoms with Crippen molar-refractivity contribution in [3.63, 3.8) is 0 Å². The number of rotatable bonds is 10. The van der Waals surface area contributed by atoms with Gasteiger partial charge in [0.1, 0.15) is 0 Å². The molecule has 0 heterocycles. The third-order valence-corrected chi connectivity index (χ3v) is 3.32. The fraction of sp³-hybridized carbons (Fsp3) is 0.571. The average Bonchev–Trinajstić information content (AvgIpc) is 2.45. The largest absolute Gasteiger partial charge is 0.503 e. The van der Waals surface area contributed by atoms with Crippen LogP contribution in [0.3, 0.4) is 0 Å². The zero-order chi connectivity index (χ0) is 14.8. The van der Waals surface area contributed by atoms with Gasteiger partial charge < -0.3 is 24.6 Å². The Morgan fingerprint density at radius 3 is 2.70 bits per heavy atom. The molecule has 1 aromatic rings. The van der Waals surface area contributed by atoms with E-state index >= 15 is 0 Å². The SMILES string of the molecule is COCCOCCCNCc1cc(Br)c(O)c(OC)c1. The van der Waals surface area contributed by atoms with Crippen LogP contribution in [0.4, 0.5) is 0 Å². The van der Waals surface area contributed by atoms with Crippen LogP contribution in [-0.2, 0) is 16.0 Å². The maximum atomic E-state index is 9.72.